The van der Waals surface area contributed by atoms with Gasteiger partial charge in [0.15, 0.2) is 11.2 Å². The minimum absolute atomic E-state index is 0.0595. The summed E-state index contributed by atoms with van der Waals surface area (Å²) >= 11 is 6.02. The van der Waals surface area contributed by atoms with Gasteiger partial charge >= 0.3 is 0 Å². The second-order valence-electron chi connectivity index (χ2n) is 7.22. The van der Waals surface area contributed by atoms with Crippen LogP contribution in [0, 0.1) is 0 Å². The van der Waals surface area contributed by atoms with Gasteiger partial charge in [0.05, 0.1) is 26.1 Å². The number of halogens is 1. The largest absolute Gasteiger partial charge is 0.468 e. The van der Waals surface area contributed by atoms with Crippen molar-refractivity contribution in [1.82, 2.24) is 24.6 Å². The number of nitrogens with zero attached hydrogens (tertiary/aromatic N) is 3. The summed E-state index contributed by atoms with van der Waals surface area (Å²) < 4.78 is 17.7. The molecule has 3 aromatic rings. The van der Waals surface area contributed by atoms with Gasteiger partial charge in [0.25, 0.3) is 12.0 Å². The van der Waals surface area contributed by atoms with E-state index in [0.29, 0.717) is 49.9 Å². The zero-order chi connectivity index (χ0) is 24.9. The standard InChI is InChI=1S/C18H24ClN6O3P.C3H6O2/c1-12(2)24-29(28-9-13-4-3-5-14(19)8-13)11-27-7-6-25-10-21-15-16(25)22-18(20)23-17(15)26;1-2-5-3-4/h3-5,8,10,12,24H,6-7,9,11H2,1-2H3,(H3,20,22,23,26);3H,2H2,1H3. The van der Waals surface area contributed by atoms with E-state index in [-0.39, 0.29) is 23.1 Å². The number of aromatic nitrogens is 4. The number of fused-ring (bicyclic) bond motifs is 1. The van der Waals surface area contributed by atoms with Gasteiger partial charge in [-0.1, -0.05) is 23.7 Å². The van der Waals surface area contributed by atoms with Gasteiger partial charge in [-0.15, -0.1) is 0 Å². The lowest BCUT2D eigenvalue weighted by molar-refractivity contribution is -0.128. The highest BCUT2D eigenvalue weighted by atomic mass is 35.5. The number of nitrogens with one attached hydrogen (secondary N) is 2. The van der Waals surface area contributed by atoms with Crippen LogP contribution < -0.4 is 16.4 Å². The topological polar surface area (TPSA) is 146 Å². The van der Waals surface area contributed by atoms with Gasteiger partial charge in [0.2, 0.25) is 5.95 Å². The van der Waals surface area contributed by atoms with Crippen molar-refractivity contribution >= 4 is 43.5 Å². The lowest BCUT2D eigenvalue weighted by Gasteiger charge is -2.21. The van der Waals surface area contributed by atoms with Crippen LogP contribution in [0.15, 0.2) is 35.4 Å². The van der Waals surface area contributed by atoms with E-state index in [2.05, 4.69) is 38.6 Å². The van der Waals surface area contributed by atoms with E-state index in [1.165, 1.54) is 0 Å². The molecule has 0 saturated heterocycles. The first kappa shape index (κ1) is 27.7. The zero-order valence-corrected chi connectivity index (χ0v) is 21.0. The molecule has 0 bridgehead atoms. The summed E-state index contributed by atoms with van der Waals surface area (Å²) in [5, 5.41) is 4.08. The number of hydrogen-bond donors (Lipinski definition) is 3. The second-order valence-corrected chi connectivity index (χ2v) is 9.18. The minimum atomic E-state index is -0.978. The summed E-state index contributed by atoms with van der Waals surface area (Å²) in [6.07, 6.45) is 1.98. The molecule has 0 aliphatic rings. The number of nitrogens with two attached hydrogens (primary N) is 1. The Morgan fingerprint density at radius 1 is 1.38 bits per heavy atom. The van der Waals surface area contributed by atoms with Crippen molar-refractivity contribution in [3.63, 3.8) is 0 Å². The van der Waals surface area contributed by atoms with Crippen molar-refractivity contribution < 1.29 is 18.8 Å². The van der Waals surface area contributed by atoms with Gasteiger partial charge in [-0.3, -0.25) is 19.7 Å². The number of H-pyrrole nitrogens is 1. The SMILES string of the molecule is CC(C)NP(COCCn1cnc2c(=O)[nH]c(N)nc21)OCc1cccc(Cl)c1.CCOC=O. The Morgan fingerprint density at radius 3 is 2.82 bits per heavy atom. The van der Waals surface area contributed by atoms with Crippen molar-refractivity contribution in [2.24, 2.45) is 0 Å². The molecule has 1 atom stereocenters. The molecule has 0 saturated carbocycles. The zero-order valence-electron chi connectivity index (χ0n) is 19.4. The third kappa shape index (κ3) is 9.36. The number of imidazole rings is 1. The Bertz CT molecular complexity index is 1090. The van der Waals surface area contributed by atoms with Gasteiger partial charge in [-0.25, -0.2) is 4.98 Å². The molecule has 1 aromatic carbocycles. The maximum absolute atomic E-state index is 11.8. The van der Waals surface area contributed by atoms with E-state index >= 15 is 0 Å². The van der Waals surface area contributed by atoms with Gasteiger partial charge in [-0.05, 0) is 38.5 Å². The molecule has 186 valence electrons. The predicted octanol–water partition coefficient (Wildman–Crippen LogP) is 3.04. The number of hydrogen-bond acceptors (Lipinski definition) is 9. The average molecular weight is 513 g/mol. The third-order valence-electron chi connectivity index (χ3n) is 4.09. The number of ether oxygens (including phenoxy) is 2. The normalized spacial score (nSPS) is 11.8. The summed E-state index contributed by atoms with van der Waals surface area (Å²) in [5.41, 5.74) is 6.96. The molecule has 2 aromatic heterocycles. The Hall–Kier alpha value is -2.56. The fraction of sp³-hybridized carbons (Fsp3) is 0.429. The van der Waals surface area contributed by atoms with Gasteiger partial charge in [0, 0.05) is 17.6 Å². The number of benzene rings is 1. The molecule has 34 heavy (non-hydrogen) atoms. The van der Waals surface area contributed by atoms with Crippen molar-refractivity contribution in [1.29, 1.82) is 0 Å². The predicted molar refractivity (Wildman–Crippen MR) is 133 cm³/mol. The van der Waals surface area contributed by atoms with Crippen LogP contribution in [0.2, 0.25) is 5.02 Å². The number of rotatable bonds is 12. The molecule has 0 amide bonds. The quantitative estimate of drug-likeness (QED) is 0.189. The molecule has 2 heterocycles. The van der Waals surface area contributed by atoms with Gasteiger partial charge in [0.1, 0.15) is 14.6 Å². The highest BCUT2D eigenvalue weighted by Gasteiger charge is 2.13. The molecule has 0 spiro atoms. The Balaban J connectivity index is 0.000000739. The van der Waals surface area contributed by atoms with Crippen LogP contribution in [-0.4, -0.2) is 51.6 Å². The molecule has 1 unspecified atom stereocenters. The fourth-order valence-electron chi connectivity index (χ4n) is 2.69. The summed E-state index contributed by atoms with van der Waals surface area (Å²) in [7, 11) is -0.978. The van der Waals surface area contributed by atoms with E-state index in [1.54, 1.807) is 17.8 Å². The van der Waals surface area contributed by atoms with Crippen LogP contribution in [0.25, 0.3) is 11.2 Å². The molecular formula is C21H30ClN6O5P. The van der Waals surface area contributed by atoms with Crippen LogP contribution >= 0.6 is 19.9 Å². The van der Waals surface area contributed by atoms with Crippen LogP contribution in [-0.2, 0) is 31.9 Å². The molecule has 4 N–H and O–H groups in total. The second kappa shape index (κ2) is 14.6. The number of aromatic amines is 1. The maximum Gasteiger partial charge on any atom is 0.293 e. The van der Waals surface area contributed by atoms with Gasteiger partial charge < -0.3 is 24.3 Å². The Morgan fingerprint density at radius 2 is 2.18 bits per heavy atom. The summed E-state index contributed by atoms with van der Waals surface area (Å²) in [5.74, 6) is 0.0595. The molecule has 0 aliphatic heterocycles. The third-order valence-corrected chi connectivity index (χ3v) is 5.99. The molecule has 0 radical (unpaired) electrons. The first-order chi connectivity index (χ1) is 16.3. The van der Waals surface area contributed by atoms with Crippen molar-refractivity contribution in [3.05, 3.63) is 51.5 Å². The lowest BCUT2D eigenvalue weighted by atomic mass is 10.2. The molecule has 13 heteroatoms. The smallest absolute Gasteiger partial charge is 0.293 e. The van der Waals surface area contributed by atoms with E-state index in [0.717, 1.165) is 5.56 Å². The van der Waals surface area contributed by atoms with Crippen LogP contribution in [0.5, 0.6) is 0 Å². The first-order valence-corrected chi connectivity index (χ1v) is 12.4. The summed E-state index contributed by atoms with van der Waals surface area (Å²) in [6, 6.07) is 7.85. The highest BCUT2D eigenvalue weighted by Crippen LogP contribution is 2.34. The van der Waals surface area contributed by atoms with E-state index in [9.17, 15) is 9.59 Å². The molecular weight excluding hydrogens is 483 g/mol. The Kier molecular flexibility index (Phi) is 11.9. The van der Waals surface area contributed by atoms with Crippen molar-refractivity contribution in [2.75, 3.05) is 25.3 Å². The Labute approximate surface area is 203 Å². The number of carbonyl (C=O) groups is 1. The average Bonchev–Trinajstić information content (AvgIpc) is 3.18. The molecule has 11 nitrogen and oxygen atoms in total. The van der Waals surface area contributed by atoms with Gasteiger partial charge in [-0.2, -0.15) is 4.98 Å². The molecule has 3 rings (SSSR count). The number of anilines is 1. The maximum atomic E-state index is 11.8. The minimum Gasteiger partial charge on any atom is -0.468 e. The lowest BCUT2D eigenvalue weighted by Crippen LogP contribution is -2.21. The first-order valence-electron chi connectivity index (χ1n) is 10.6. The summed E-state index contributed by atoms with van der Waals surface area (Å²) in [6.45, 7) is 8.14. The monoisotopic (exact) mass is 512 g/mol. The number of carbonyl (C=O) groups excluding carboxylic acids is 1. The fourth-order valence-corrected chi connectivity index (χ4v) is 4.30. The molecule has 0 aliphatic carbocycles. The van der Waals surface area contributed by atoms with Crippen LogP contribution in [0.1, 0.15) is 26.3 Å². The summed E-state index contributed by atoms with van der Waals surface area (Å²) in [4.78, 5) is 31.7. The van der Waals surface area contributed by atoms with Crippen molar-refractivity contribution in [2.45, 2.75) is 40.0 Å². The van der Waals surface area contributed by atoms with E-state index < -0.39 is 8.30 Å². The number of nitrogen functional groups attached to an aromatic ring is 1. The highest BCUT2D eigenvalue weighted by molar-refractivity contribution is 7.50. The molecule has 0 fully saturated rings. The van der Waals surface area contributed by atoms with E-state index in [1.807, 2.05) is 24.3 Å². The van der Waals surface area contributed by atoms with Crippen molar-refractivity contribution in [3.8, 4) is 0 Å². The van der Waals surface area contributed by atoms with Crippen LogP contribution in [0.4, 0.5) is 5.95 Å². The van der Waals surface area contributed by atoms with Crippen LogP contribution in [0.3, 0.4) is 0 Å². The van der Waals surface area contributed by atoms with E-state index in [4.69, 9.17) is 26.6 Å².